The maximum atomic E-state index is 5.80. The van der Waals surface area contributed by atoms with E-state index in [1.165, 1.54) is 0 Å². The number of hydrogen-bond acceptors (Lipinski definition) is 3. The molecule has 3 nitrogen and oxygen atoms in total. The molecule has 0 bridgehead atoms. The highest BCUT2D eigenvalue weighted by molar-refractivity contribution is 6.28. The number of anilines is 1. The van der Waals surface area contributed by atoms with Gasteiger partial charge in [-0.3, -0.25) is 0 Å². The van der Waals surface area contributed by atoms with Crippen molar-refractivity contribution in [3.63, 3.8) is 0 Å². The lowest BCUT2D eigenvalue weighted by Crippen LogP contribution is -2.12. The second kappa shape index (κ2) is 3.33. The fourth-order valence-corrected chi connectivity index (χ4v) is 2.39. The van der Waals surface area contributed by atoms with E-state index in [1.54, 1.807) is 6.20 Å². The monoisotopic (exact) mass is 239 g/mol. The molecule has 1 fully saturated rings. The van der Waals surface area contributed by atoms with E-state index in [2.05, 4.69) is 43.0 Å². The van der Waals surface area contributed by atoms with Gasteiger partial charge in [-0.05, 0) is 29.4 Å². The molecule has 1 N–H and O–H groups in total. The minimum atomic E-state index is 0.289. The normalized spacial score (nSPS) is 21.9. The Hall–Kier alpha value is -0.830. The van der Waals surface area contributed by atoms with Gasteiger partial charge in [-0.15, -0.1) is 0 Å². The van der Waals surface area contributed by atoms with Gasteiger partial charge < -0.3 is 5.32 Å². The Bertz CT molecular complexity index is 412. The lowest BCUT2D eigenvalue weighted by molar-refractivity contribution is 0.457. The summed E-state index contributed by atoms with van der Waals surface area (Å²) >= 11 is 5.80. The van der Waals surface area contributed by atoms with Crippen molar-refractivity contribution >= 4 is 17.4 Å². The molecule has 4 heteroatoms. The minimum Gasteiger partial charge on any atom is -0.366 e. The first-order valence-electron chi connectivity index (χ1n) is 5.52. The molecule has 0 atom stereocenters. The van der Waals surface area contributed by atoms with Crippen LogP contribution in [0.1, 0.15) is 33.3 Å². The van der Waals surface area contributed by atoms with Gasteiger partial charge in [-0.1, -0.05) is 27.7 Å². The van der Waals surface area contributed by atoms with Gasteiger partial charge in [0.15, 0.2) is 0 Å². The van der Waals surface area contributed by atoms with Crippen LogP contribution in [0.3, 0.4) is 0 Å². The summed E-state index contributed by atoms with van der Waals surface area (Å²) in [6, 6.07) is 0.435. The fourth-order valence-electron chi connectivity index (χ4n) is 2.26. The standard InChI is InChI=1S/C12H18ClN3/c1-7-6-14-10(13)16-8(7)15-9-11(2,3)12(9,4)5/h6,9H,1-5H3,(H,14,15,16). The van der Waals surface area contributed by atoms with Crippen LogP contribution in [0.5, 0.6) is 0 Å². The van der Waals surface area contributed by atoms with Crippen LogP contribution in [0.15, 0.2) is 6.20 Å². The Kier molecular flexibility index (Phi) is 2.42. The lowest BCUT2D eigenvalue weighted by Gasteiger charge is -2.09. The van der Waals surface area contributed by atoms with Crippen LogP contribution in [0.4, 0.5) is 5.82 Å². The van der Waals surface area contributed by atoms with Gasteiger partial charge in [0.25, 0.3) is 0 Å². The van der Waals surface area contributed by atoms with Gasteiger partial charge in [-0.25, -0.2) is 9.97 Å². The Morgan fingerprint density at radius 3 is 2.31 bits per heavy atom. The molecule has 1 aliphatic carbocycles. The number of aromatic nitrogens is 2. The average Bonchev–Trinajstić information content (AvgIpc) is 2.54. The molecule has 1 saturated carbocycles. The molecule has 1 heterocycles. The smallest absolute Gasteiger partial charge is 0.224 e. The van der Waals surface area contributed by atoms with Crippen LogP contribution < -0.4 is 5.32 Å². The highest BCUT2D eigenvalue weighted by Crippen LogP contribution is 2.63. The van der Waals surface area contributed by atoms with Crippen molar-refractivity contribution in [2.24, 2.45) is 10.8 Å². The summed E-state index contributed by atoms with van der Waals surface area (Å²) in [6.45, 7) is 11.1. The quantitative estimate of drug-likeness (QED) is 0.805. The molecule has 0 saturated heterocycles. The number of nitrogens with zero attached hydrogens (tertiary/aromatic N) is 2. The van der Waals surface area contributed by atoms with Crippen LogP contribution in [0, 0.1) is 17.8 Å². The third-order valence-corrected chi connectivity index (χ3v) is 4.43. The lowest BCUT2D eigenvalue weighted by atomic mass is 10.0. The Morgan fingerprint density at radius 1 is 1.25 bits per heavy atom. The fraction of sp³-hybridized carbons (Fsp3) is 0.667. The van der Waals surface area contributed by atoms with Gasteiger partial charge in [-0.2, -0.15) is 0 Å². The number of halogens is 1. The van der Waals surface area contributed by atoms with Crippen LogP contribution in [0.2, 0.25) is 5.28 Å². The topological polar surface area (TPSA) is 37.8 Å². The van der Waals surface area contributed by atoms with Gasteiger partial charge >= 0.3 is 0 Å². The number of nitrogens with one attached hydrogen (secondary N) is 1. The maximum Gasteiger partial charge on any atom is 0.224 e. The summed E-state index contributed by atoms with van der Waals surface area (Å²) in [5.74, 6) is 0.851. The molecule has 0 amide bonds. The van der Waals surface area contributed by atoms with Crippen molar-refractivity contribution in [1.29, 1.82) is 0 Å². The van der Waals surface area contributed by atoms with Crippen molar-refractivity contribution in [1.82, 2.24) is 9.97 Å². The predicted octanol–water partition coefficient (Wildman–Crippen LogP) is 3.28. The van der Waals surface area contributed by atoms with E-state index < -0.39 is 0 Å². The van der Waals surface area contributed by atoms with Crippen molar-refractivity contribution in [3.8, 4) is 0 Å². The van der Waals surface area contributed by atoms with E-state index >= 15 is 0 Å². The maximum absolute atomic E-state index is 5.80. The minimum absolute atomic E-state index is 0.289. The first kappa shape index (κ1) is 11.6. The van der Waals surface area contributed by atoms with E-state index in [1.807, 2.05) is 6.92 Å². The van der Waals surface area contributed by atoms with Gasteiger partial charge in [0.2, 0.25) is 5.28 Å². The summed E-state index contributed by atoms with van der Waals surface area (Å²) in [4.78, 5) is 8.18. The molecular formula is C12H18ClN3. The van der Waals surface area contributed by atoms with Gasteiger partial charge in [0.1, 0.15) is 5.82 Å². The zero-order valence-corrected chi connectivity index (χ0v) is 11.2. The van der Waals surface area contributed by atoms with Crippen molar-refractivity contribution in [2.75, 3.05) is 5.32 Å². The number of rotatable bonds is 2. The number of hydrogen-bond donors (Lipinski definition) is 1. The summed E-state index contributed by atoms with van der Waals surface area (Å²) in [5.41, 5.74) is 1.61. The SMILES string of the molecule is Cc1cnc(Cl)nc1NC1C(C)(C)C1(C)C. The largest absolute Gasteiger partial charge is 0.366 e. The highest BCUT2D eigenvalue weighted by atomic mass is 35.5. The molecule has 1 aromatic heterocycles. The van der Waals surface area contributed by atoms with Gasteiger partial charge in [0, 0.05) is 17.8 Å². The molecule has 0 unspecified atom stereocenters. The Labute approximate surface area is 102 Å². The van der Waals surface area contributed by atoms with Crippen LogP contribution >= 0.6 is 11.6 Å². The first-order valence-corrected chi connectivity index (χ1v) is 5.90. The molecule has 1 aliphatic rings. The van der Waals surface area contributed by atoms with E-state index in [0.29, 0.717) is 11.3 Å². The summed E-state index contributed by atoms with van der Waals surface area (Å²) in [6.07, 6.45) is 1.75. The molecule has 0 spiro atoms. The zero-order valence-electron chi connectivity index (χ0n) is 10.4. The van der Waals surface area contributed by atoms with E-state index in [9.17, 15) is 0 Å². The number of aryl methyl sites for hydroxylation is 1. The molecule has 16 heavy (non-hydrogen) atoms. The molecule has 2 rings (SSSR count). The Balaban J connectivity index is 2.21. The molecule has 88 valence electrons. The summed E-state index contributed by atoms with van der Waals surface area (Å²) in [5, 5.41) is 3.77. The molecular weight excluding hydrogens is 222 g/mol. The molecule has 0 aliphatic heterocycles. The van der Waals surface area contributed by atoms with Crippen molar-refractivity contribution in [3.05, 3.63) is 17.0 Å². The van der Waals surface area contributed by atoms with E-state index in [4.69, 9.17) is 11.6 Å². The average molecular weight is 240 g/mol. The van der Waals surface area contributed by atoms with Crippen molar-refractivity contribution < 1.29 is 0 Å². The van der Waals surface area contributed by atoms with Crippen LogP contribution in [0.25, 0.3) is 0 Å². The first-order chi connectivity index (χ1) is 7.26. The highest BCUT2D eigenvalue weighted by Gasteiger charge is 2.65. The zero-order chi connectivity index (χ0) is 12.1. The van der Waals surface area contributed by atoms with Crippen LogP contribution in [-0.4, -0.2) is 16.0 Å². The van der Waals surface area contributed by atoms with Gasteiger partial charge in [0.05, 0.1) is 0 Å². The van der Waals surface area contributed by atoms with E-state index in [0.717, 1.165) is 11.4 Å². The molecule has 1 aromatic rings. The van der Waals surface area contributed by atoms with Crippen molar-refractivity contribution in [2.45, 2.75) is 40.7 Å². The Morgan fingerprint density at radius 2 is 1.81 bits per heavy atom. The third kappa shape index (κ3) is 1.58. The van der Waals surface area contributed by atoms with E-state index in [-0.39, 0.29) is 10.8 Å². The summed E-state index contributed by atoms with van der Waals surface area (Å²) in [7, 11) is 0. The third-order valence-electron chi connectivity index (χ3n) is 4.24. The van der Waals surface area contributed by atoms with Crippen LogP contribution in [-0.2, 0) is 0 Å². The predicted molar refractivity (Wildman–Crippen MR) is 66.8 cm³/mol. The second-order valence-electron chi connectivity index (χ2n) is 5.69. The molecule has 0 radical (unpaired) electrons. The molecule has 0 aromatic carbocycles. The second-order valence-corrected chi connectivity index (χ2v) is 6.03. The summed E-state index contributed by atoms with van der Waals surface area (Å²) < 4.78 is 0.